The molecule has 6 heteroatoms. The maximum atomic E-state index is 13.8. The SMILES string of the molecule is CC(C)(C)c1nc(Cl)cc(Oc2ccc(C#N)cc2F)n1. The van der Waals surface area contributed by atoms with Gasteiger partial charge in [0.15, 0.2) is 11.6 Å². The molecule has 0 N–H and O–H groups in total. The quantitative estimate of drug-likeness (QED) is 0.779. The largest absolute Gasteiger partial charge is 0.436 e. The molecule has 108 valence electrons. The summed E-state index contributed by atoms with van der Waals surface area (Å²) in [5.41, 5.74) is -0.0948. The van der Waals surface area contributed by atoms with Gasteiger partial charge in [-0.05, 0) is 18.2 Å². The fraction of sp³-hybridized carbons (Fsp3) is 0.267. The van der Waals surface area contributed by atoms with Crippen molar-refractivity contribution in [3.8, 4) is 17.7 Å². The maximum Gasteiger partial charge on any atom is 0.224 e. The van der Waals surface area contributed by atoms with Crippen molar-refractivity contribution in [3.63, 3.8) is 0 Å². The average molecular weight is 306 g/mol. The van der Waals surface area contributed by atoms with Crippen LogP contribution in [0.25, 0.3) is 0 Å². The Hall–Kier alpha value is -2.19. The summed E-state index contributed by atoms with van der Waals surface area (Å²) < 4.78 is 19.2. The van der Waals surface area contributed by atoms with E-state index in [1.807, 2.05) is 26.8 Å². The van der Waals surface area contributed by atoms with E-state index >= 15 is 0 Å². The Balaban J connectivity index is 2.36. The summed E-state index contributed by atoms with van der Waals surface area (Å²) in [7, 11) is 0. The fourth-order valence-electron chi connectivity index (χ4n) is 1.55. The second-order valence-electron chi connectivity index (χ2n) is 5.46. The number of aromatic nitrogens is 2. The van der Waals surface area contributed by atoms with E-state index in [-0.39, 0.29) is 27.8 Å². The van der Waals surface area contributed by atoms with E-state index in [2.05, 4.69) is 9.97 Å². The summed E-state index contributed by atoms with van der Waals surface area (Å²) >= 11 is 5.94. The van der Waals surface area contributed by atoms with Crippen LogP contribution in [0.5, 0.6) is 11.6 Å². The van der Waals surface area contributed by atoms with Gasteiger partial charge in [-0.15, -0.1) is 0 Å². The van der Waals surface area contributed by atoms with E-state index in [4.69, 9.17) is 21.6 Å². The standard InChI is InChI=1S/C15H13ClFN3O/c1-15(2,3)14-19-12(16)7-13(20-14)21-11-5-4-9(8-18)6-10(11)17/h4-7H,1-3H3. The monoisotopic (exact) mass is 305 g/mol. The van der Waals surface area contributed by atoms with Gasteiger partial charge < -0.3 is 4.74 Å². The molecule has 0 bridgehead atoms. The first-order valence-electron chi connectivity index (χ1n) is 6.22. The molecule has 0 spiro atoms. The van der Waals surface area contributed by atoms with Gasteiger partial charge >= 0.3 is 0 Å². The Bertz CT molecular complexity index is 720. The van der Waals surface area contributed by atoms with Crippen LogP contribution in [0.15, 0.2) is 24.3 Å². The molecule has 0 unspecified atom stereocenters. The topological polar surface area (TPSA) is 58.8 Å². The molecule has 4 nitrogen and oxygen atoms in total. The molecule has 0 radical (unpaired) electrons. The Labute approximate surface area is 127 Å². The first-order chi connectivity index (χ1) is 9.79. The Morgan fingerprint density at radius 3 is 2.52 bits per heavy atom. The number of nitrogens with zero attached hydrogens (tertiary/aromatic N) is 3. The van der Waals surface area contributed by atoms with Crippen molar-refractivity contribution < 1.29 is 9.13 Å². The first kappa shape index (κ1) is 15.2. The number of hydrogen-bond acceptors (Lipinski definition) is 4. The molecule has 0 saturated carbocycles. The van der Waals surface area contributed by atoms with Crippen molar-refractivity contribution in [2.75, 3.05) is 0 Å². The summed E-state index contributed by atoms with van der Waals surface area (Å²) in [4.78, 5) is 8.37. The number of benzene rings is 1. The number of halogens is 2. The summed E-state index contributed by atoms with van der Waals surface area (Å²) in [6.45, 7) is 5.81. The molecule has 0 amide bonds. The molecule has 0 aliphatic heterocycles. The summed E-state index contributed by atoms with van der Waals surface area (Å²) in [6.07, 6.45) is 0. The van der Waals surface area contributed by atoms with E-state index < -0.39 is 5.82 Å². The Kier molecular flexibility index (Phi) is 4.10. The molecule has 1 aromatic carbocycles. The van der Waals surface area contributed by atoms with Crippen LogP contribution in [-0.2, 0) is 5.41 Å². The molecule has 0 atom stereocenters. The Morgan fingerprint density at radius 2 is 1.95 bits per heavy atom. The van der Waals surface area contributed by atoms with Gasteiger partial charge in [-0.1, -0.05) is 32.4 Å². The smallest absolute Gasteiger partial charge is 0.224 e. The van der Waals surface area contributed by atoms with Crippen LogP contribution in [0.1, 0.15) is 32.2 Å². The number of nitriles is 1. The summed E-state index contributed by atoms with van der Waals surface area (Å²) in [5.74, 6) is -0.00712. The van der Waals surface area contributed by atoms with Gasteiger partial charge in [0.05, 0.1) is 11.6 Å². The van der Waals surface area contributed by atoms with Crippen LogP contribution in [0.2, 0.25) is 5.15 Å². The van der Waals surface area contributed by atoms with Crippen LogP contribution >= 0.6 is 11.6 Å². The molecule has 0 aliphatic rings. The van der Waals surface area contributed by atoms with Crippen molar-refractivity contribution >= 4 is 11.6 Å². The maximum absolute atomic E-state index is 13.8. The highest BCUT2D eigenvalue weighted by atomic mass is 35.5. The van der Waals surface area contributed by atoms with Gasteiger partial charge in [0.2, 0.25) is 5.88 Å². The fourth-order valence-corrected chi connectivity index (χ4v) is 1.72. The van der Waals surface area contributed by atoms with Crippen molar-refractivity contribution in [2.24, 2.45) is 0 Å². The van der Waals surface area contributed by atoms with Crippen molar-refractivity contribution in [2.45, 2.75) is 26.2 Å². The Morgan fingerprint density at radius 1 is 1.24 bits per heavy atom. The van der Waals surface area contributed by atoms with Crippen LogP contribution in [0.3, 0.4) is 0 Å². The minimum absolute atomic E-state index is 0.0244. The van der Waals surface area contributed by atoms with Gasteiger partial charge in [0.25, 0.3) is 0 Å². The highest BCUT2D eigenvalue weighted by Crippen LogP contribution is 2.28. The molecule has 0 saturated heterocycles. The minimum atomic E-state index is -0.638. The van der Waals surface area contributed by atoms with Crippen molar-refractivity contribution in [1.29, 1.82) is 5.26 Å². The highest BCUT2D eigenvalue weighted by molar-refractivity contribution is 6.29. The summed E-state index contributed by atoms with van der Waals surface area (Å²) in [5, 5.41) is 8.93. The van der Waals surface area contributed by atoms with Gasteiger partial charge in [-0.3, -0.25) is 0 Å². The third kappa shape index (κ3) is 3.67. The second kappa shape index (κ2) is 5.66. The van der Waals surface area contributed by atoms with E-state index in [1.54, 1.807) is 0 Å². The van der Waals surface area contributed by atoms with E-state index in [0.29, 0.717) is 5.82 Å². The average Bonchev–Trinajstić information content (AvgIpc) is 2.39. The van der Waals surface area contributed by atoms with Gasteiger partial charge in [0.1, 0.15) is 11.0 Å². The molecule has 1 aromatic heterocycles. The zero-order valence-corrected chi connectivity index (χ0v) is 12.6. The third-order valence-electron chi connectivity index (χ3n) is 2.62. The molecule has 21 heavy (non-hydrogen) atoms. The zero-order chi connectivity index (χ0) is 15.6. The second-order valence-corrected chi connectivity index (χ2v) is 5.85. The number of hydrogen-bond donors (Lipinski definition) is 0. The number of rotatable bonds is 2. The highest BCUT2D eigenvalue weighted by Gasteiger charge is 2.19. The predicted octanol–water partition coefficient (Wildman–Crippen LogP) is 4.23. The van der Waals surface area contributed by atoms with Gasteiger partial charge in [-0.2, -0.15) is 10.2 Å². The van der Waals surface area contributed by atoms with E-state index in [1.165, 1.54) is 18.2 Å². The van der Waals surface area contributed by atoms with Crippen LogP contribution in [0, 0.1) is 17.1 Å². The van der Waals surface area contributed by atoms with Crippen LogP contribution in [0.4, 0.5) is 4.39 Å². The lowest BCUT2D eigenvalue weighted by Crippen LogP contribution is -2.16. The minimum Gasteiger partial charge on any atom is -0.436 e. The summed E-state index contributed by atoms with van der Waals surface area (Å²) in [6, 6.07) is 7.21. The molecule has 1 heterocycles. The lowest BCUT2D eigenvalue weighted by atomic mass is 9.96. The molecular formula is C15H13ClFN3O. The van der Waals surface area contributed by atoms with Crippen LogP contribution < -0.4 is 4.74 Å². The van der Waals surface area contributed by atoms with Crippen molar-refractivity contribution in [1.82, 2.24) is 9.97 Å². The molecule has 2 rings (SSSR count). The van der Waals surface area contributed by atoms with Crippen molar-refractivity contribution in [3.05, 3.63) is 46.6 Å². The van der Waals surface area contributed by atoms with Crippen LogP contribution in [-0.4, -0.2) is 9.97 Å². The normalized spacial score (nSPS) is 11.0. The molecule has 2 aromatic rings. The van der Waals surface area contributed by atoms with E-state index in [9.17, 15) is 4.39 Å². The third-order valence-corrected chi connectivity index (χ3v) is 2.81. The first-order valence-corrected chi connectivity index (χ1v) is 6.60. The predicted molar refractivity (Wildman–Crippen MR) is 76.9 cm³/mol. The zero-order valence-electron chi connectivity index (χ0n) is 11.8. The molecular weight excluding hydrogens is 293 g/mol. The van der Waals surface area contributed by atoms with E-state index in [0.717, 1.165) is 6.07 Å². The lowest BCUT2D eigenvalue weighted by molar-refractivity contribution is 0.417. The van der Waals surface area contributed by atoms with Gasteiger partial charge in [0, 0.05) is 11.5 Å². The number of ether oxygens (including phenoxy) is 1. The lowest BCUT2D eigenvalue weighted by Gasteiger charge is -2.17. The molecule has 0 aliphatic carbocycles. The molecule has 0 fully saturated rings. The van der Waals surface area contributed by atoms with Gasteiger partial charge in [-0.25, -0.2) is 9.37 Å².